The molecule has 0 saturated heterocycles. The van der Waals surface area contributed by atoms with Crippen LogP contribution < -0.4 is 19.5 Å². The third kappa shape index (κ3) is 4.45. The largest absolute Gasteiger partial charge is 0.497 e. The minimum Gasteiger partial charge on any atom is -0.497 e. The molecular weight excluding hydrogens is 426 g/mol. The molecule has 4 rings (SSSR count). The van der Waals surface area contributed by atoms with Gasteiger partial charge in [-0.05, 0) is 41.8 Å². The zero-order valence-electron chi connectivity index (χ0n) is 19.1. The van der Waals surface area contributed by atoms with Gasteiger partial charge in [0.25, 0.3) is 0 Å². The molecule has 1 aliphatic rings. The smallest absolute Gasteiger partial charge is 0.356 e. The van der Waals surface area contributed by atoms with Crippen LogP contribution in [0.5, 0.6) is 17.2 Å². The van der Waals surface area contributed by atoms with E-state index < -0.39 is 5.97 Å². The molecule has 0 bridgehead atoms. The van der Waals surface area contributed by atoms with E-state index in [0.717, 1.165) is 18.5 Å². The van der Waals surface area contributed by atoms with Gasteiger partial charge in [-0.2, -0.15) is 0 Å². The fourth-order valence-electron chi connectivity index (χ4n) is 4.15. The molecule has 9 nitrogen and oxygen atoms in total. The fourth-order valence-corrected chi connectivity index (χ4v) is 4.15. The molecule has 0 atom stereocenters. The van der Waals surface area contributed by atoms with Gasteiger partial charge in [-0.1, -0.05) is 0 Å². The van der Waals surface area contributed by atoms with Crippen LogP contribution in [0.1, 0.15) is 21.6 Å². The number of nitrogens with zero attached hydrogens (tertiary/aromatic N) is 1. The molecule has 2 N–H and O–H groups in total. The highest BCUT2D eigenvalue weighted by atomic mass is 16.5. The van der Waals surface area contributed by atoms with Crippen LogP contribution in [0.15, 0.2) is 30.3 Å². The van der Waals surface area contributed by atoms with Crippen molar-refractivity contribution in [2.45, 2.75) is 13.0 Å². The van der Waals surface area contributed by atoms with Crippen molar-refractivity contribution in [3.8, 4) is 17.2 Å². The predicted octanol–water partition coefficient (Wildman–Crippen LogP) is 2.98. The van der Waals surface area contributed by atoms with Crippen LogP contribution >= 0.6 is 0 Å². The number of fused-ring (bicyclic) bond motifs is 2. The summed E-state index contributed by atoms with van der Waals surface area (Å²) in [5.41, 5.74) is 3.53. The van der Waals surface area contributed by atoms with E-state index in [0.29, 0.717) is 40.4 Å². The van der Waals surface area contributed by atoms with Gasteiger partial charge in [0.2, 0.25) is 5.91 Å². The van der Waals surface area contributed by atoms with E-state index in [2.05, 4.69) is 15.2 Å². The molecule has 0 saturated carbocycles. The summed E-state index contributed by atoms with van der Waals surface area (Å²) < 4.78 is 20.9. The first kappa shape index (κ1) is 22.5. The van der Waals surface area contributed by atoms with Crippen LogP contribution in [-0.4, -0.2) is 63.3 Å². The van der Waals surface area contributed by atoms with Gasteiger partial charge in [0.05, 0.1) is 46.2 Å². The molecule has 0 radical (unpaired) electrons. The van der Waals surface area contributed by atoms with Crippen molar-refractivity contribution in [3.05, 3.63) is 47.2 Å². The number of nitrogens with one attached hydrogen (secondary N) is 2. The second-order valence-corrected chi connectivity index (χ2v) is 7.76. The third-order valence-corrected chi connectivity index (χ3v) is 5.82. The number of rotatable bonds is 7. The summed E-state index contributed by atoms with van der Waals surface area (Å²) in [6, 6.07) is 9.29. The molecule has 1 aliphatic heterocycles. The van der Waals surface area contributed by atoms with Crippen molar-refractivity contribution >= 4 is 28.5 Å². The van der Waals surface area contributed by atoms with E-state index in [9.17, 15) is 9.59 Å². The number of H-pyrrole nitrogens is 1. The number of anilines is 1. The monoisotopic (exact) mass is 453 g/mol. The normalized spacial score (nSPS) is 13.3. The highest BCUT2D eigenvalue weighted by Gasteiger charge is 2.24. The van der Waals surface area contributed by atoms with E-state index in [1.807, 2.05) is 12.1 Å². The zero-order chi connectivity index (χ0) is 23.5. The zero-order valence-corrected chi connectivity index (χ0v) is 19.1. The lowest BCUT2D eigenvalue weighted by Crippen LogP contribution is -2.37. The van der Waals surface area contributed by atoms with Crippen LogP contribution in [0, 0.1) is 0 Å². The molecule has 9 heteroatoms. The number of benzene rings is 2. The summed E-state index contributed by atoms with van der Waals surface area (Å²) in [7, 11) is 6.09. The molecule has 3 aromatic rings. The van der Waals surface area contributed by atoms with Gasteiger partial charge < -0.3 is 29.2 Å². The standard InChI is InChI=1S/C24H27N3O6/c1-30-16-5-6-17-18(11-16)25-23(24(29)33-4)22(17)26-21(28)13-27-8-7-14-9-19(31-2)20(32-3)10-15(14)12-27/h5-6,9-11,25H,7-8,12-13H2,1-4H3,(H,26,28). The van der Waals surface area contributed by atoms with Gasteiger partial charge in [-0.15, -0.1) is 0 Å². The number of carbonyl (C=O) groups excluding carboxylic acids is 2. The first-order valence-electron chi connectivity index (χ1n) is 10.5. The van der Waals surface area contributed by atoms with Gasteiger partial charge in [-0.25, -0.2) is 4.79 Å². The minimum absolute atomic E-state index is 0.178. The van der Waals surface area contributed by atoms with Crippen molar-refractivity contribution in [3.63, 3.8) is 0 Å². The Morgan fingerprint density at radius 1 is 1.00 bits per heavy atom. The summed E-state index contributed by atoms with van der Waals surface area (Å²) in [5, 5.41) is 3.60. The number of hydrogen-bond acceptors (Lipinski definition) is 7. The van der Waals surface area contributed by atoms with Crippen molar-refractivity contribution in [1.82, 2.24) is 9.88 Å². The van der Waals surface area contributed by atoms with E-state index >= 15 is 0 Å². The second-order valence-electron chi connectivity index (χ2n) is 7.76. The molecule has 1 aromatic heterocycles. The van der Waals surface area contributed by atoms with E-state index in [4.69, 9.17) is 18.9 Å². The number of hydrogen-bond donors (Lipinski definition) is 2. The Morgan fingerprint density at radius 3 is 2.39 bits per heavy atom. The van der Waals surface area contributed by atoms with E-state index in [1.165, 1.54) is 12.7 Å². The van der Waals surface area contributed by atoms with Gasteiger partial charge in [0.1, 0.15) is 11.4 Å². The molecular formula is C24H27N3O6. The van der Waals surface area contributed by atoms with Crippen LogP contribution in [0.25, 0.3) is 10.9 Å². The minimum atomic E-state index is -0.562. The van der Waals surface area contributed by atoms with Crippen LogP contribution in [0.3, 0.4) is 0 Å². The molecule has 0 unspecified atom stereocenters. The first-order chi connectivity index (χ1) is 16.0. The van der Waals surface area contributed by atoms with Crippen molar-refractivity contribution in [1.29, 1.82) is 0 Å². The lowest BCUT2D eigenvalue weighted by Gasteiger charge is -2.29. The molecule has 1 amide bonds. The average molecular weight is 453 g/mol. The van der Waals surface area contributed by atoms with E-state index in [1.54, 1.807) is 39.5 Å². The van der Waals surface area contributed by atoms with Gasteiger partial charge in [-0.3, -0.25) is 9.69 Å². The number of methoxy groups -OCH3 is 4. The predicted molar refractivity (Wildman–Crippen MR) is 123 cm³/mol. The Morgan fingerprint density at radius 2 is 1.73 bits per heavy atom. The number of esters is 1. The highest BCUT2D eigenvalue weighted by Crippen LogP contribution is 2.34. The molecule has 2 heterocycles. The third-order valence-electron chi connectivity index (χ3n) is 5.82. The summed E-state index contributed by atoms with van der Waals surface area (Å²) in [5.74, 6) is 1.22. The number of ether oxygens (including phenoxy) is 4. The quantitative estimate of drug-likeness (QED) is 0.530. The van der Waals surface area contributed by atoms with Gasteiger partial charge in [0, 0.05) is 24.5 Å². The molecule has 0 fully saturated rings. The van der Waals surface area contributed by atoms with Gasteiger partial charge >= 0.3 is 5.97 Å². The van der Waals surface area contributed by atoms with E-state index in [-0.39, 0.29) is 18.1 Å². The average Bonchev–Trinajstić information content (AvgIpc) is 3.19. The van der Waals surface area contributed by atoms with Crippen LogP contribution in [0.4, 0.5) is 5.69 Å². The summed E-state index contributed by atoms with van der Waals surface area (Å²) in [6.45, 7) is 1.51. The Kier molecular flexibility index (Phi) is 6.41. The van der Waals surface area contributed by atoms with Crippen molar-refractivity contribution in [2.24, 2.45) is 0 Å². The molecule has 2 aromatic carbocycles. The number of carbonyl (C=O) groups is 2. The molecule has 0 aliphatic carbocycles. The maximum absolute atomic E-state index is 13.0. The second kappa shape index (κ2) is 9.41. The SMILES string of the molecule is COC(=O)c1[nH]c2cc(OC)ccc2c1NC(=O)CN1CCc2cc(OC)c(OC)cc2C1. The first-order valence-corrected chi connectivity index (χ1v) is 10.5. The molecule has 33 heavy (non-hydrogen) atoms. The summed E-state index contributed by atoms with van der Waals surface area (Å²) in [6.07, 6.45) is 0.795. The Bertz CT molecular complexity index is 1200. The van der Waals surface area contributed by atoms with Crippen molar-refractivity contribution in [2.75, 3.05) is 46.8 Å². The number of aromatic nitrogens is 1. The Hall–Kier alpha value is -3.72. The molecule has 0 spiro atoms. The van der Waals surface area contributed by atoms with Crippen molar-refractivity contribution < 1.29 is 28.5 Å². The lowest BCUT2D eigenvalue weighted by atomic mass is 9.99. The highest BCUT2D eigenvalue weighted by molar-refractivity contribution is 6.11. The molecule has 174 valence electrons. The fraction of sp³-hybridized carbons (Fsp3) is 0.333. The number of amides is 1. The number of aromatic amines is 1. The maximum atomic E-state index is 13.0. The Balaban J connectivity index is 1.53. The summed E-state index contributed by atoms with van der Waals surface area (Å²) in [4.78, 5) is 30.3. The van der Waals surface area contributed by atoms with Crippen LogP contribution in [-0.2, 0) is 22.5 Å². The van der Waals surface area contributed by atoms with Crippen LogP contribution in [0.2, 0.25) is 0 Å². The summed E-state index contributed by atoms with van der Waals surface area (Å²) >= 11 is 0. The lowest BCUT2D eigenvalue weighted by molar-refractivity contribution is -0.117. The van der Waals surface area contributed by atoms with Gasteiger partial charge in [0.15, 0.2) is 11.5 Å². The maximum Gasteiger partial charge on any atom is 0.356 e. The Labute approximate surface area is 191 Å². The topological polar surface area (TPSA) is 102 Å².